The van der Waals surface area contributed by atoms with Crippen LogP contribution < -0.4 is 0 Å². The maximum absolute atomic E-state index is 13.4. The zero-order valence-corrected chi connectivity index (χ0v) is 16.0. The van der Waals surface area contributed by atoms with Crippen LogP contribution in [0.25, 0.3) is 10.9 Å². The summed E-state index contributed by atoms with van der Waals surface area (Å²) in [7, 11) is 0. The summed E-state index contributed by atoms with van der Waals surface area (Å²) in [6, 6.07) is 7.04. The van der Waals surface area contributed by atoms with Crippen LogP contribution in [0.2, 0.25) is 0 Å². The Labute approximate surface area is 159 Å². The molecule has 0 aliphatic carbocycles. The fourth-order valence-corrected chi connectivity index (χ4v) is 5.14. The Hall–Kier alpha value is -1.92. The lowest BCUT2D eigenvalue weighted by atomic mass is 9.94. The minimum Gasteiger partial charge on any atom is -0.381 e. The SMILES string of the molecule is Cc1ccc2[nH]nc(C(=O)N3C[C@H]4CC[C@@H]3CN(C3CCOCC3)C4)c2c1. The summed E-state index contributed by atoms with van der Waals surface area (Å²) < 4.78 is 5.55. The van der Waals surface area contributed by atoms with Gasteiger partial charge in [-0.25, -0.2) is 0 Å². The molecule has 4 saturated heterocycles. The van der Waals surface area contributed by atoms with E-state index in [1.807, 2.05) is 6.07 Å². The number of carbonyl (C=O) groups is 1. The molecule has 2 bridgehead atoms. The van der Waals surface area contributed by atoms with Crippen LogP contribution in [0.5, 0.6) is 0 Å². The molecule has 6 heteroatoms. The monoisotopic (exact) mass is 368 g/mol. The molecule has 6 rings (SSSR count). The van der Waals surface area contributed by atoms with Gasteiger partial charge in [0, 0.05) is 50.3 Å². The second-order valence-corrected chi connectivity index (χ2v) is 8.47. The van der Waals surface area contributed by atoms with E-state index in [1.165, 1.54) is 6.42 Å². The molecule has 0 saturated carbocycles. The summed E-state index contributed by atoms with van der Waals surface area (Å²) in [6.07, 6.45) is 4.58. The van der Waals surface area contributed by atoms with Crippen LogP contribution in [0.4, 0.5) is 0 Å². The van der Waals surface area contributed by atoms with Gasteiger partial charge in [0.05, 0.1) is 5.52 Å². The molecule has 144 valence electrons. The van der Waals surface area contributed by atoms with E-state index in [-0.39, 0.29) is 5.91 Å². The van der Waals surface area contributed by atoms with Crippen molar-refractivity contribution in [1.29, 1.82) is 0 Å². The van der Waals surface area contributed by atoms with E-state index in [4.69, 9.17) is 4.74 Å². The predicted octanol–water partition coefficient (Wildman–Crippen LogP) is 2.59. The average Bonchev–Trinajstić information content (AvgIpc) is 2.89. The summed E-state index contributed by atoms with van der Waals surface area (Å²) in [5.74, 6) is 0.665. The van der Waals surface area contributed by atoms with Crippen molar-refractivity contribution in [2.45, 2.75) is 44.7 Å². The van der Waals surface area contributed by atoms with Gasteiger partial charge in [0.15, 0.2) is 5.69 Å². The Morgan fingerprint density at radius 1 is 1.11 bits per heavy atom. The van der Waals surface area contributed by atoms with Crippen molar-refractivity contribution in [2.75, 3.05) is 32.8 Å². The zero-order valence-electron chi connectivity index (χ0n) is 16.0. The van der Waals surface area contributed by atoms with Crippen LogP contribution in [0, 0.1) is 12.8 Å². The van der Waals surface area contributed by atoms with E-state index in [0.717, 1.165) is 68.6 Å². The molecule has 4 aliphatic heterocycles. The van der Waals surface area contributed by atoms with Crippen molar-refractivity contribution >= 4 is 16.8 Å². The van der Waals surface area contributed by atoms with Crippen LogP contribution in [-0.2, 0) is 4.74 Å². The van der Waals surface area contributed by atoms with Crippen LogP contribution >= 0.6 is 0 Å². The lowest BCUT2D eigenvalue weighted by molar-refractivity contribution is 0.0304. The molecule has 1 N–H and O–H groups in total. The molecular weight excluding hydrogens is 340 g/mol. The van der Waals surface area contributed by atoms with Crippen LogP contribution in [-0.4, -0.2) is 70.8 Å². The van der Waals surface area contributed by atoms with Crippen molar-refractivity contribution in [1.82, 2.24) is 20.0 Å². The Bertz CT molecular complexity index is 842. The molecule has 4 fully saturated rings. The highest BCUT2D eigenvalue weighted by atomic mass is 16.5. The lowest BCUT2D eigenvalue weighted by Gasteiger charge is -2.36. The van der Waals surface area contributed by atoms with Gasteiger partial charge in [0.1, 0.15) is 0 Å². The maximum Gasteiger partial charge on any atom is 0.275 e. The number of H-pyrrole nitrogens is 1. The first kappa shape index (κ1) is 17.2. The highest BCUT2D eigenvalue weighted by molar-refractivity contribution is 6.05. The molecule has 6 nitrogen and oxygen atoms in total. The van der Waals surface area contributed by atoms with Crippen LogP contribution in [0.3, 0.4) is 0 Å². The number of piperidine rings is 1. The molecule has 1 aromatic carbocycles. The number of hydrogen-bond donors (Lipinski definition) is 1. The van der Waals surface area contributed by atoms with Gasteiger partial charge in [-0.15, -0.1) is 0 Å². The van der Waals surface area contributed by atoms with Crippen molar-refractivity contribution in [3.8, 4) is 0 Å². The first-order valence-corrected chi connectivity index (χ1v) is 10.3. The second-order valence-electron chi connectivity index (χ2n) is 8.47. The molecule has 2 aromatic rings. The number of rotatable bonds is 2. The third-order valence-corrected chi connectivity index (χ3v) is 6.63. The zero-order chi connectivity index (χ0) is 18.4. The first-order chi connectivity index (χ1) is 13.2. The van der Waals surface area contributed by atoms with Gasteiger partial charge in [-0.05, 0) is 50.7 Å². The number of benzene rings is 1. The second kappa shape index (κ2) is 6.91. The average molecular weight is 368 g/mol. The van der Waals surface area contributed by atoms with Gasteiger partial charge in [0.2, 0.25) is 0 Å². The van der Waals surface area contributed by atoms with Crippen molar-refractivity contribution in [2.24, 2.45) is 5.92 Å². The number of aromatic nitrogens is 2. The Balaban J connectivity index is 1.40. The third kappa shape index (κ3) is 3.15. The molecule has 2 atom stereocenters. The topological polar surface area (TPSA) is 61.5 Å². The molecule has 0 radical (unpaired) electrons. The van der Waals surface area contributed by atoms with Gasteiger partial charge in [-0.2, -0.15) is 5.10 Å². The normalized spacial score (nSPS) is 27.2. The summed E-state index contributed by atoms with van der Waals surface area (Å²) in [6.45, 7) is 6.78. The minimum absolute atomic E-state index is 0.0929. The molecular formula is C21H28N4O2. The number of hydrogen-bond acceptors (Lipinski definition) is 4. The molecule has 5 heterocycles. The number of amides is 1. The highest BCUT2D eigenvalue weighted by Crippen LogP contribution is 2.32. The van der Waals surface area contributed by atoms with Crippen molar-refractivity contribution < 1.29 is 9.53 Å². The number of nitrogens with zero attached hydrogens (tertiary/aromatic N) is 3. The number of aromatic amines is 1. The smallest absolute Gasteiger partial charge is 0.275 e. The lowest BCUT2D eigenvalue weighted by Crippen LogP contribution is -2.48. The molecule has 0 unspecified atom stereocenters. The minimum atomic E-state index is 0.0929. The fraction of sp³-hybridized carbons (Fsp3) is 0.619. The van der Waals surface area contributed by atoms with E-state index in [1.54, 1.807) is 0 Å². The maximum atomic E-state index is 13.4. The summed E-state index contributed by atoms with van der Waals surface area (Å²) in [5.41, 5.74) is 2.67. The fourth-order valence-electron chi connectivity index (χ4n) is 5.14. The van der Waals surface area contributed by atoms with Gasteiger partial charge in [-0.1, -0.05) is 11.6 Å². The van der Waals surface area contributed by atoms with Gasteiger partial charge < -0.3 is 9.64 Å². The highest BCUT2D eigenvalue weighted by Gasteiger charge is 2.40. The Kier molecular flexibility index (Phi) is 4.40. The molecule has 4 aliphatic rings. The molecule has 0 spiro atoms. The van der Waals surface area contributed by atoms with Gasteiger partial charge >= 0.3 is 0 Å². The predicted molar refractivity (Wildman–Crippen MR) is 104 cm³/mol. The van der Waals surface area contributed by atoms with E-state index in [9.17, 15) is 4.79 Å². The number of carbonyl (C=O) groups excluding carboxylic acids is 1. The largest absolute Gasteiger partial charge is 0.381 e. The number of fused-ring (bicyclic) bond motifs is 5. The number of nitrogens with one attached hydrogen (secondary N) is 1. The van der Waals surface area contributed by atoms with E-state index >= 15 is 0 Å². The third-order valence-electron chi connectivity index (χ3n) is 6.63. The number of aryl methyl sites for hydroxylation is 1. The summed E-state index contributed by atoms with van der Waals surface area (Å²) in [5, 5.41) is 8.37. The number of ether oxygens (including phenoxy) is 1. The summed E-state index contributed by atoms with van der Waals surface area (Å²) >= 11 is 0. The van der Waals surface area contributed by atoms with Crippen molar-refractivity contribution in [3.63, 3.8) is 0 Å². The Morgan fingerprint density at radius 2 is 1.96 bits per heavy atom. The first-order valence-electron chi connectivity index (χ1n) is 10.3. The molecule has 1 aromatic heterocycles. The van der Waals surface area contributed by atoms with Crippen LogP contribution in [0.1, 0.15) is 41.7 Å². The van der Waals surface area contributed by atoms with Gasteiger partial charge in [0.25, 0.3) is 5.91 Å². The molecule has 27 heavy (non-hydrogen) atoms. The van der Waals surface area contributed by atoms with E-state index < -0.39 is 0 Å². The van der Waals surface area contributed by atoms with E-state index in [0.29, 0.717) is 23.7 Å². The van der Waals surface area contributed by atoms with Crippen molar-refractivity contribution in [3.05, 3.63) is 29.5 Å². The molecule has 1 amide bonds. The van der Waals surface area contributed by atoms with E-state index in [2.05, 4.69) is 39.1 Å². The van der Waals surface area contributed by atoms with Gasteiger partial charge in [-0.3, -0.25) is 14.8 Å². The quantitative estimate of drug-likeness (QED) is 0.885. The summed E-state index contributed by atoms with van der Waals surface area (Å²) in [4.78, 5) is 18.2. The standard InChI is InChI=1S/C21H28N4O2/c1-14-2-5-19-18(10-14)20(23-22-19)21(26)25-12-15-3-4-17(25)13-24(11-15)16-6-8-27-9-7-16/h2,5,10,15-17H,3-4,6-9,11-13H2,1H3,(H,22,23)/t15-,17+/m0/s1. The Morgan fingerprint density at radius 3 is 2.81 bits per heavy atom. The van der Waals surface area contributed by atoms with Crippen LogP contribution in [0.15, 0.2) is 18.2 Å².